The van der Waals surface area contributed by atoms with Gasteiger partial charge in [-0.05, 0) is 36.6 Å². The van der Waals surface area contributed by atoms with Gasteiger partial charge < -0.3 is 10.0 Å². The molecule has 0 saturated carbocycles. The molecule has 84 valence electrons. The molecular weight excluding hydrogens is 206 g/mol. The van der Waals surface area contributed by atoms with Gasteiger partial charge in [-0.15, -0.1) is 0 Å². The van der Waals surface area contributed by atoms with E-state index in [1.54, 1.807) is 12.1 Å². The molecule has 0 amide bonds. The van der Waals surface area contributed by atoms with E-state index >= 15 is 0 Å². The van der Waals surface area contributed by atoms with Crippen LogP contribution in [0, 0.1) is 0 Å². The van der Waals surface area contributed by atoms with Gasteiger partial charge in [-0.2, -0.15) is 0 Å². The minimum absolute atomic E-state index is 0.265. The highest BCUT2D eigenvalue weighted by molar-refractivity contribution is 6.39. The monoisotopic (exact) mass is 219 g/mol. The first-order chi connectivity index (χ1) is 7.59. The van der Waals surface area contributed by atoms with Crippen molar-refractivity contribution in [3.8, 4) is 0 Å². The second-order valence-corrected chi connectivity index (χ2v) is 4.00. The van der Waals surface area contributed by atoms with Gasteiger partial charge in [0.1, 0.15) is 0 Å². The Labute approximate surface area is 93.5 Å². The van der Waals surface area contributed by atoms with E-state index in [9.17, 15) is 9.59 Å². The predicted molar refractivity (Wildman–Crippen MR) is 60.0 cm³/mol. The molecule has 16 heavy (non-hydrogen) atoms. The maximum atomic E-state index is 11.3. The maximum absolute atomic E-state index is 11.3. The fourth-order valence-electron chi connectivity index (χ4n) is 2.05. The van der Waals surface area contributed by atoms with E-state index in [2.05, 4.69) is 4.90 Å². The molecule has 4 heteroatoms. The third-order valence-electron chi connectivity index (χ3n) is 2.89. The van der Waals surface area contributed by atoms with Gasteiger partial charge >= 0.3 is 5.97 Å². The Morgan fingerprint density at radius 1 is 1.38 bits per heavy atom. The maximum Gasteiger partial charge on any atom is 0.377 e. The summed E-state index contributed by atoms with van der Waals surface area (Å²) in [7, 11) is 2.00. The molecule has 0 unspecified atom stereocenters. The van der Waals surface area contributed by atoms with Crippen LogP contribution >= 0.6 is 0 Å². The molecule has 0 radical (unpaired) electrons. The first-order valence-corrected chi connectivity index (χ1v) is 5.21. The number of rotatable bonds is 2. The van der Waals surface area contributed by atoms with Crippen molar-refractivity contribution in [1.29, 1.82) is 0 Å². The number of carboxylic acid groups (broad SMARTS) is 1. The summed E-state index contributed by atoms with van der Waals surface area (Å²) in [4.78, 5) is 24.0. The van der Waals surface area contributed by atoms with Crippen LogP contribution in [0.25, 0.3) is 0 Å². The quantitative estimate of drug-likeness (QED) is 0.602. The summed E-state index contributed by atoms with van der Waals surface area (Å²) in [6.07, 6.45) is 1.94. The first kappa shape index (κ1) is 10.7. The number of carbonyl (C=O) groups is 2. The van der Waals surface area contributed by atoms with Gasteiger partial charge in [0.05, 0.1) is 0 Å². The summed E-state index contributed by atoms with van der Waals surface area (Å²) in [5.74, 6) is -2.24. The number of anilines is 1. The number of nitrogens with zero attached hydrogens (tertiary/aromatic N) is 1. The molecular formula is C12H13NO3. The highest BCUT2D eigenvalue weighted by Crippen LogP contribution is 2.26. The molecule has 1 aliphatic heterocycles. The molecule has 1 aromatic carbocycles. The van der Waals surface area contributed by atoms with Crippen LogP contribution in [0.5, 0.6) is 0 Å². The number of carbonyl (C=O) groups excluding carboxylic acids is 1. The molecule has 0 spiro atoms. The molecule has 0 atom stereocenters. The number of fused-ring (bicyclic) bond motifs is 1. The molecule has 0 bridgehead atoms. The molecule has 1 aromatic rings. The van der Waals surface area contributed by atoms with Crippen LogP contribution in [0.2, 0.25) is 0 Å². The van der Waals surface area contributed by atoms with E-state index in [1.165, 1.54) is 0 Å². The number of Topliss-reactive ketones (excluding diaryl/α,β-unsaturated/α-hetero) is 1. The zero-order valence-electron chi connectivity index (χ0n) is 9.06. The Hall–Kier alpha value is -1.84. The Kier molecular flexibility index (Phi) is 2.64. The smallest absolute Gasteiger partial charge is 0.377 e. The van der Waals surface area contributed by atoms with Crippen LogP contribution < -0.4 is 4.90 Å². The highest BCUT2D eigenvalue weighted by atomic mass is 16.4. The first-order valence-electron chi connectivity index (χ1n) is 5.21. The summed E-state index contributed by atoms with van der Waals surface area (Å²) in [6.45, 7) is 0.999. The normalized spacial score (nSPS) is 14.4. The van der Waals surface area contributed by atoms with Crippen molar-refractivity contribution < 1.29 is 14.7 Å². The second-order valence-electron chi connectivity index (χ2n) is 4.00. The van der Waals surface area contributed by atoms with E-state index < -0.39 is 11.8 Å². The summed E-state index contributed by atoms with van der Waals surface area (Å²) >= 11 is 0. The highest BCUT2D eigenvalue weighted by Gasteiger charge is 2.19. The lowest BCUT2D eigenvalue weighted by Gasteiger charge is -2.27. The third-order valence-corrected chi connectivity index (χ3v) is 2.89. The Morgan fingerprint density at radius 3 is 2.81 bits per heavy atom. The van der Waals surface area contributed by atoms with Crippen molar-refractivity contribution in [2.24, 2.45) is 0 Å². The van der Waals surface area contributed by atoms with Crippen molar-refractivity contribution in [3.63, 3.8) is 0 Å². The van der Waals surface area contributed by atoms with Crippen LogP contribution in [-0.2, 0) is 11.2 Å². The molecule has 0 aliphatic carbocycles. The zero-order chi connectivity index (χ0) is 11.7. The molecule has 1 aliphatic rings. The SMILES string of the molecule is CN1CCCc2cc(C(=O)C(=O)O)ccc21. The van der Waals surface area contributed by atoms with Gasteiger partial charge in [0.15, 0.2) is 0 Å². The number of hydrogen-bond donors (Lipinski definition) is 1. The minimum atomic E-state index is -1.40. The van der Waals surface area contributed by atoms with Crippen molar-refractivity contribution >= 4 is 17.4 Å². The fourth-order valence-corrected chi connectivity index (χ4v) is 2.05. The van der Waals surface area contributed by atoms with Gasteiger partial charge in [-0.3, -0.25) is 4.79 Å². The standard InChI is InChI=1S/C12H13NO3/c1-13-6-2-3-8-7-9(4-5-10(8)13)11(14)12(15)16/h4-5,7H,2-3,6H2,1H3,(H,15,16). The topological polar surface area (TPSA) is 57.6 Å². The average Bonchev–Trinajstić information content (AvgIpc) is 2.28. The fraction of sp³-hybridized carbons (Fsp3) is 0.333. The van der Waals surface area contributed by atoms with Crippen LogP contribution in [0.3, 0.4) is 0 Å². The molecule has 1 heterocycles. The molecule has 0 aromatic heterocycles. The lowest BCUT2D eigenvalue weighted by Crippen LogP contribution is -2.25. The Bertz CT molecular complexity index is 454. The Morgan fingerprint density at radius 2 is 2.12 bits per heavy atom. The number of aryl methyl sites for hydroxylation is 1. The molecule has 0 saturated heterocycles. The van der Waals surface area contributed by atoms with Crippen molar-refractivity contribution in [2.45, 2.75) is 12.8 Å². The van der Waals surface area contributed by atoms with Crippen LogP contribution in [-0.4, -0.2) is 30.5 Å². The molecule has 0 fully saturated rings. The molecule has 1 N–H and O–H groups in total. The average molecular weight is 219 g/mol. The van der Waals surface area contributed by atoms with E-state index in [1.807, 2.05) is 13.1 Å². The third kappa shape index (κ3) is 1.78. The number of carboxylic acids is 1. The number of benzene rings is 1. The zero-order valence-corrected chi connectivity index (χ0v) is 9.06. The Balaban J connectivity index is 2.39. The van der Waals surface area contributed by atoms with Crippen molar-refractivity contribution in [2.75, 3.05) is 18.5 Å². The van der Waals surface area contributed by atoms with Crippen molar-refractivity contribution in [3.05, 3.63) is 29.3 Å². The summed E-state index contributed by atoms with van der Waals surface area (Å²) in [5.41, 5.74) is 2.41. The lowest BCUT2D eigenvalue weighted by atomic mass is 9.98. The van der Waals surface area contributed by atoms with Crippen LogP contribution in [0.1, 0.15) is 22.3 Å². The van der Waals surface area contributed by atoms with Gasteiger partial charge in [-0.25, -0.2) is 4.79 Å². The molecule has 4 nitrogen and oxygen atoms in total. The van der Waals surface area contributed by atoms with E-state index in [-0.39, 0.29) is 5.56 Å². The van der Waals surface area contributed by atoms with Crippen LogP contribution in [0.15, 0.2) is 18.2 Å². The number of aliphatic carboxylic acids is 1. The number of ketones is 1. The van der Waals surface area contributed by atoms with Gasteiger partial charge in [0, 0.05) is 24.8 Å². The predicted octanol–water partition coefficient (Wildman–Crippen LogP) is 1.34. The lowest BCUT2D eigenvalue weighted by molar-refractivity contribution is -0.131. The van der Waals surface area contributed by atoms with E-state index in [0.29, 0.717) is 0 Å². The largest absolute Gasteiger partial charge is 0.475 e. The number of hydrogen-bond acceptors (Lipinski definition) is 3. The van der Waals surface area contributed by atoms with E-state index in [4.69, 9.17) is 5.11 Å². The van der Waals surface area contributed by atoms with Gasteiger partial charge in [0.25, 0.3) is 5.78 Å². The summed E-state index contributed by atoms with van der Waals surface area (Å²) in [6, 6.07) is 5.10. The van der Waals surface area contributed by atoms with Crippen LogP contribution in [0.4, 0.5) is 5.69 Å². The second kappa shape index (κ2) is 3.96. The summed E-state index contributed by atoms with van der Waals surface area (Å²) in [5, 5.41) is 8.63. The minimum Gasteiger partial charge on any atom is -0.475 e. The van der Waals surface area contributed by atoms with Crippen molar-refractivity contribution in [1.82, 2.24) is 0 Å². The molecule has 2 rings (SSSR count). The van der Waals surface area contributed by atoms with Gasteiger partial charge in [-0.1, -0.05) is 0 Å². The summed E-state index contributed by atoms with van der Waals surface area (Å²) < 4.78 is 0. The van der Waals surface area contributed by atoms with E-state index in [0.717, 1.165) is 30.6 Å². The van der Waals surface area contributed by atoms with Gasteiger partial charge in [0.2, 0.25) is 0 Å².